The number of benzene rings is 1. The number of aliphatic hydroxyl groups is 1. The molecule has 8 atom stereocenters. The number of allylic oxidation sites excluding steroid dienone is 1. The van der Waals surface area contributed by atoms with Gasteiger partial charge in [-0.25, -0.2) is 0 Å². The maximum absolute atomic E-state index is 14.3. The summed E-state index contributed by atoms with van der Waals surface area (Å²) in [6, 6.07) is 7.06. The summed E-state index contributed by atoms with van der Waals surface area (Å²) >= 11 is 3.67. The minimum absolute atomic E-state index is 0.0554. The Morgan fingerprint density at radius 3 is 2.56 bits per heavy atom. The topological polar surface area (TPSA) is 135 Å². The highest BCUT2D eigenvalue weighted by Gasteiger charge is 2.77. The van der Waals surface area contributed by atoms with Gasteiger partial charge in [0.15, 0.2) is 0 Å². The van der Waals surface area contributed by atoms with E-state index < -0.39 is 53.6 Å². The zero-order valence-corrected chi connectivity index (χ0v) is 27.7. The number of alkyl halides is 1. The van der Waals surface area contributed by atoms with Crippen LogP contribution in [0.15, 0.2) is 55.6 Å². The lowest BCUT2D eigenvalue weighted by atomic mass is 9.70. The molecule has 2 N–H and O–H groups in total. The SMILES string of the molecule is C=CCCC(=O)N[C@@H](COC)[C@@H](OC(=O)[C@H]1[C@@H]2O[C@@]3(CC2Br)[C@@H]1C(=O)N(CCO)[C@@H]3C(=O)N(CC=C)C(C)C)c1ccccc1. The largest absolute Gasteiger partial charge is 0.455 e. The molecule has 0 aliphatic carbocycles. The number of β-amino-alcohol motifs (C(OH)–C–C–N with tert-alkyl or cyclic N) is 1. The molecule has 246 valence electrons. The van der Waals surface area contributed by atoms with Gasteiger partial charge in [0, 0.05) is 37.5 Å². The summed E-state index contributed by atoms with van der Waals surface area (Å²) in [6.07, 6.45) is 2.60. The van der Waals surface area contributed by atoms with E-state index >= 15 is 0 Å². The number of halogens is 1. The number of hydrogen-bond donors (Lipinski definition) is 2. The minimum Gasteiger partial charge on any atom is -0.455 e. The van der Waals surface area contributed by atoms with Crippen molar-refractivity contribution in [2.45, 2.75) is 73.9 Å². The fourth-order valence-corrected chi connectivity index (χ4v) is 7.95. The van der Waals surface area contributed by atoms with Crippen LogP contribution in [0.25, 0.3) is 0 Å². The normalized spacial score (nSPS) is 28.0. The van der Waals surface area contributed by atoms with E-state index in [1.165, 1.54) is 12.0 Å². The van der Waals surface area contributed by atoms with Crippen molar-refractivity contribution in [3.8, 4) is 0 Å². The van der Waals surface area contributed by atoms with E-state index in [0.29, 0.717) is 18.4 Å². The number of ether oxygens (including phenoxy) is 3. The van der Waals surface area contributed by atoms with E-state index in [4.69, 9.17) is 14.2 Å². The van der Waals surface area contributed by atoms with Crippen molar-refractivity contribution in [3.05, 3.63) is 61.2 Å². The van der Waals surface area contributed by atoms with Crippen molar-refractivity contribution in [3.63, 3.8) is 0 Å². The molecular formula is C33H44BrN3O8. The van der Waals surface area contributed by atoms with Crippen LogP contribution >= 0.6 is 15.9 Å². The molecule has 3 heterocycles. The second kappa shape index (κ2) is 15.0. The number of hydrogen-bond acceptors (Lipinski definition) is 8. The van der Waals surface area contributed by atoms with Gasteiger partial charge < -0.3 is 34.4 Å². The summed E-state index contributed by atoms with van der Waals surface area (Å²) in [7, 11) is 1.49. The summed E-state index contributed by atoms with van der Waals surface area (Å²) in [5.74, 6) is -3.72. The first kappa shape index (κ1) is 34.8. The van der Waals surface area contributed by atoms with E-state index in [-0.39, 0.29) is 55.4 Å². The number of fused-ring (bicyclic) bond motifs is 1. The maximum Gasteiger partial charge on any atom is 0.313 e. The van der Waals surface area contributed by atoms with Gasteiger partial charge in [0.1, 0.15) is 17.7 Å². The summed E-state index contributed by atoms with van der Waals surface area (Å²) in [5.41, 5.74) is -0.663. The Labute approximate surface area is 273 Å². The first-order chi connectivity index (χ1) is 21.6. The third-order valence-corrected chi connectivity index (χ3v) is 9.72. The van der Waals surface area contributed by atoms with Gasteiger partial charge in [-0.2, -0.15) is 0 Å². The molecule has 12 heteroatoms. The Kier molecular flexibility index (Phi) is 11.6. The average Bonchev–Trinajstić information content (AvgIpc) is 3.60. The number of carbonyl (C=O) groups is 4. The lowest BCUT2D eigenvalue weighted by molar-refractivity contribution is -0.163. The van der Waals surface area contributed by atoms with Gasteiger partial charge in [0.05, 0.1) is 37.2 Å². The molecule has 11 nitrogen and oxygen atoms in total. The molecule has 3 fully saturated rings. The van der Waals surface area contributed by atoms with Crippen LogP contribution in [0.3, 0.4) is 0 Å². The van der Waals surface area contributed by atoms with Crippen LogP contribution in [0.4, 0.5) is 0 Å². The lowest BCUT2D eigenvalue weighted by Gasteiger charge is -2.38. The van der Waals surface area contributed by atoms with E-state index in [9.17, 15) is 24.3 Å². The molecule has 0 radical (unpaired) electrons. The van der Waals surface area contributed by atoms with Crippen LogP contribution < -0.4 is 5.32 Å². The lowest BCUT2D eigenvalue weighted by Crippen LogP contribution is -2.58. The molecule has 1 unspecified atom stereocenters. The molecule has 1 aromatic rings. The molecule has 2 bridgehead atoms. The van der Waals surface area contributed by atoms with Gasteiger partial charge in [0.2, 0.25) is 17.7 Å². The van der Waals surface area contributed by atoms with Gasteiger partial charge in [0.25, 0.3) is 0 Å². The van der Waals surface area contributed by atoms with Crippen molar-refractivity contribution in [1.29, 1.82) is 0 Å². The Morgan fingerprint density at radius 2 is 1.96 bits per heavy atom. The Bertz CT molecular complexity index is 1260. The van der Waals surface area contributed by atoms with Gasteiger partial charge >= 0.3 is 5.97 Å². The minimum atomic E-state index is -1.30. The van der Waals surface area contributed by atoms with Crippen LogP contribution in [0, 0.1) is 11.8 Å². The molecular weight excluding hydrogens is 646 g/mol. The third kappa shape index (κ3) is 6.74. The summed E-state index contributed by atoms with van der Waals surface area (Å²) in [4.78, 5) is 58.0. The van der Waals surface area contributed by atoms with Crippen molar-refractivity contribution >= 4 is 39.6 Å². The quantitative estimate of drug-likeness (QED) is 0.154. The molecule has 3 aliphatic rings. The Hall–Kier alpha value is -3.06. The van der Waals surface area contributed by atoms with Crippen LogP contribution in [0.1, 0.15) is 44.8 Å². The molecule has 3 amide bonds. The number of amides is 3. The first-order valence-corrected chi connectivity index (χ1v) is 16.3. The molecule has 0 aromatic heterocycles. The Balaban J connectivity index is 1.70. The smallest absolute Gasteiger partial charge is 0.313 e. The summed E-state index contributed by atoms with van der Waals surface area (Å²) in [5, 5.41) is 12.8. The molecule has 4 rings (SSSR count). The summed E-state index contributed by atoms with van der Waals surface area (Å²) in [6.45, 7) is 11.1. The molecule has 3 saturated heterocycles. The highest BCUT2D eigenvalue weighted by molar-refractivity contribution is 9.09. The van der Waals surface area contributed by atoms with Crippen molar-refractivity contribution in [2.24, 2.45) is 11.8 Å². The predicted molar refractivity (Wildman–Crippen MR) is 170 cm³/mol. The fourth-order valence-electron chi connectivity index (χ4n) is 7.00. The number of nitrogens with one attached hydrogen (secondary N) is 1. The standard InChI is InChI=1S/C33H44BrN3O8/c1-6-8-14-24(39)35-23(19-43-5)27(21-12-10-9-11-13-21)44-32(42)25-26-30(40)37(16-17-38)29(31(41)36(15-7-2)20(3)4)33(26)18-22(34)28(25)45-33/h6-7,9-13,20,22-23,25-29,38H,1-2,8,14-19H2,3-5H3,(H,35,39)/t22?,23-,25+,26-,27-,28+,29+,33-/m0/s1. The van der Waals surface area contributed by atoms with Crippen LogP contribution in [0.5, 0.6) is 0 Å². The van der Waals surface area contributed by atoms with Crippen LogP contribution in [-0.2, 0) is 33.4 Å². The number of methoxy groups -OCH3 is 1. The van der Waals surface area contributed by atoms with Crippen molar-refractivity contribution in [2.75, 3.05) is 33.4 Å². The molecule has 45 heavy (non-hydrogen) atoms. The van der Waals surface area contributed by atoms with E-state index in [1.807, 2.05) is 19.9 Å². The number of aliphatic hydroxyl groups excluding tert-OH is 1. The van der Waals surface area contributed by atoms with Gasteiger partial charge in [-0.15, -0.1) is 13.2 Å². The van der Waals surface area contributed by atoms with Gasteiger partial charge in [-0.1, -0.05) is 58.4 Å². The number of rotatable bonds is 16. The Morgan fingerprint density at radius 1 is 1.24 bits per heavy atom. The van der Waals surface area contributed by atoms with E-state index in [2.05, 4.69) is 34.4 Å². The van der Waals surface area contributed by atoms with Crippen molar-refractivity contribution < 1.29 is 38.5 Å². The molecule has 3 aliphatic heterocycles. The van der Waals surface area contributed by atoms with E-state index in [0.717, 1.165) is 0 Å². The monoisotopic (exact) mass is 689 g/mol. The summed E-state index contributed by atoms with van der Waals surface area (Å²) < 4.78 is 18.2. The number of esters is 1. The second-order valence-corrected chi connectivity index (χ2v) is 13.2. The van der Waals surface area contributed by atoms with Gasteiger partial charge in [-0.05, 0) is 32.3 Å². The molecule has 0 saturated carbocycles. The van der Waals surface area contributed by atoms with Crippen LogP contribution in [0.2, 0.25) is 0 Å². The van der Waals surface area contributed by atoms with Crippen LogP contribution in [-0.4, -0.2) is 107 Å². The fraction of sp³-hybridized carbons (Fsp3) is 0.576. The number of carbonyl (C=O) groups excluding carboxylic acids is 4. The van der Waals surface area contributed by atoms with Crippen molar-refractivity contribution in [1.82, 2.24) is 15.1 Å². The van der Waals surface area contributed by atoms with E-state index in [1.54, 1.807) is 41.3 Å². The second-order valence-electron chi connectivity index (χ2n) is 12.0. The zero-order chi connectivity index (χ0) is 32.9. The zero-order valence-electron chi connectivity index (χ0n) is 26.1. The number of nitrogens with zero attached hydrogens (tertiary/aromatic N) is 2. The molecule has 1 aromatic carbocycles. The average molecular weight is 691 g/mol. The highest BCUT2D eigenvalue weighted by atomic mass is 79.9. The maximum atomic E-state index is 14.3. The molecule has 1 spiro atoms. The first-order valence-electron chi connectivity index (χ1n) is 15.3. The highest BCUT2D eigenvalue weighted by Crippen LogP contribution is 2.60. The van der Waals surface area contributed by atoms with Gasteiger partial charge in [-0.3, -0.25) is 19.2 Å². The number of likely N-dealkylation sites (tertiary alicyclic amines) is 1. The predicted octanol–water partition coefficient (Wildman–Crippen LogP) is 2.53. The third-order valence-electron chi connectivity index (χ3n) is 8.87.